The Balaban J connectivity index is 2.95. The number of rotatable bonds is 2. The molecule has 0 amide bonds. The number of nitriles is 1. The maximum absolute atomic E-state index is 8.62. The minimum absolute atomic E-state index is 0.543. The van der Waals surface area contributed by atoms with Gasteiger partial charge in [-0.3, -0.25) is 0 Å². The van der Waals surface area contributed by atoms with Gasteiger partial charge in [-0.15, -0.1) is 0 Å². The van der Waals surface area contributed by atoms with Crippen LogP contribution < -0.4 is 0 Å². The van der Waals surface area contributed by atoms with E-state index in [1.165, 1.54) is 0 Å². The highest BCUT2D eigenvalue weighted by molar-refractivity contribution is 7.97. The Kier molecular flexibility index (Phi) is 2.94. The molecule has 0 fully saturated rings. The van der Waals surface area contributed by atoms with Crippen molar-refractivity contribution in [3.8, 4) is 6.07 Å². The third kappa shape index (κ3) is 1.95. The molecule has 56 valence electrons. The van der Waals surface area contributed by atoms with Gasteiger partial charge in [0.25, 0.3) is 0 Å². The fourth-order valence-electron chi connectivity index (χ4n) is 0.811. The van der Waals surface area contributed by atoms with Gasteiger partial charge in [-0.1, -0.05) is 6.07 Å². The molecule has 0 atom stereocenters. The fourth-order valence-corrected chi connectivity index (χ4v) is 1.36. The molecule has 0 aliphatic carbocycles. The molecule has 0 radical (unpaired) electrons. The van der Waals surface area contributed by atoms with E-state index in [0.717, 1.165) is 11.3 Å². The van der Waals surface area contributed by atoms with Crippen LogP contribution in [0.4, 0.5) is 0 Å². The van der Waals surface area contributed by atoms with Crippen molar-refractivity contribution in [2.24, 2.45) is 0 Å². The number of nitrogens with zero attached hydrogens (tertiary/aromatic N) is 2. The van der Waals surface area contributed by atoms with E-state index < -0.39 is 0 Å². The van der Waals surface area contributed by atoms with Gasteiger partial charge in [-0.05, 0) is 17.9 Å². The number of aromatic nitrogens is 1. The van der Waals surface area contributed by atoms with Crippen molar-refractivity contribution in [3.05, 3.63) is 29.6 Å². The first kappa shape index (κ1) is 8.09. The third-order valence-corrected chi connectivity index (χ3v) is 1.90. The molecular formula is C8H8N2S. The summed E-state index contributed by atoms with van der Waals surface area (Å²) in [5, 5.41) is 8.62. The highest BCUT2D eigenvalue weighted by Crippen LogP contribution is 2.10. The van der Waals surface area contributed by atoms with E-state index in [0.29, 0.717) is 5.69 Å². The Hall–Kier alpha value is -1.01. The first-order valence-electron chi connectivity index (χ1n) is 3.21. The number of hydrogen-bond acceptors (Lipinski definition) is 3. The lowest BCUT2D eigenvalue weighted by atomic mass is 10.2. The van der Waals surface area contributed by atoms with Crippen LogP contribution in [0.1, 0.15) is 11.3 Å². The van der Waals surface area contributed by atoms with E-state index in [9.17, 15) is 0 Å². The summed E-state index contributed by atoms with van der Waals surface area (Å²) in [5.41, 5.74) is 1.56. The van der Waals surface area contributed by atoms with Crippen molar-refractivity contribution in [2.75, 3.05) is 6.26 Å². The lowest BCUT2D eigenvalue weighted by molar-refractivity contribution is 1.20. The van der Waals surface area contributed by atoms with Crippen molar-refractivity contribution in [1.82, 2.24) is 4.98 Å². The Morgan fingerprint density at radius 3 is 3.18 bits per heavy atom. The molecule has 2 nitrogen and oxygen atoms in total. The molecule has 0 spiro atoms. The SMILES string of the molecule is CSCc1cccnc1C#N. The molecule has 0 saturated heterocycles. The fraction of sp³-hybridized carbons (Fsp3) is 0.250. The Labute approximate surface area is 70.3 Å². The zero-order chi connectivity index (χ0) is 8.10. The van der Waals surface area contributed by atoms with E-state index in [2.05, 4.69) is 11.1 Å². The Bertz CT molecular complexity index is 278. The second-order valence-corrected chi connectivity index (χ2v) is 2.92. The van der Waals surface area contributed by atoms with Crippen LogP contribution in [0.2, 0.25) is 0 Å². The van der Waals surface area contributed by atoms with Gasteiger partial charge in [0.15, 0.2) is 0 Å². The van der Waals surface area contributed by atoms with Gasteiger partial charge >= 0.3 is 0 Å². The van der Waals surface area contributed by atoms with Gasteiger partial charge in [-0.2, -0.15) is 17.0 Å². The zero-order valence-corrected chi connectivity index (χ0v) is 7.06. The molecule has 1 heterocycles. The maximum Gasteiger partial charge on any atom is 0.144 e. The van der Waals surface area contributed by atoms with Crippen LogP contribution in [-0.2, 0) is 5.75 Å². The van der Waals surface area contributed by atoms with Gasteiger partial charge in [0.2, 0.25) is 0 Å². The molecule has 1 aromatic heterocycles. The molecule has 1 rings (SSSR count). The topological polar surface area (TPSA) is 36.7 Å². The van der Waals surface area contributed by atoms with Crippen LogP contribution in [-0.4, -0.2) is 11.2 Å². The molecule has 1 aromatic rings. The van der Waals surface area contributed by atoms with Crippen LogP contribution >= 0.6 is 11.8 Å². The molecule has 0 unspecified atom stereocenters. The standard InChI is InChI=1S/C8H8N2S/c1-11-6-7-3-2-4-10-8(7)5-9/h2-4H,6H2,1H3. The highest BCUT2D eigenvalue weighted by Gasteiger charge is 1.99. The molecule has 0 saturated carbocycles. The van der Waals surface area contributed by atoms with Crippen molar-refractivity contribution < 1.29 is 0 Å². The molecule has 0 aromatic carbocycles. The molecule has 0 N–H and O–H groups in total. The smallest absolute Gasteiger partial charge is 0.144 e. The van der Waals surface area contributed by atoms with E-state index in [1.54, 1.807) is 18.0 Å². The normalized spacial score (nSPS) is 9.09. The van der Waals surface area contributed by atoms with Gasteiger partial charge in [0, 0.05) is 11.9 Å². The minimum Gasteiger partial charge on any atom is -0.245 e. The summed E-state index contributed by atoms with van der Waals surface area (Å²) >= 11 is 1.69. The molecule has 0 bridgehead atoms. The molecule has 0 aliphatic rings. The summed E-state index contributed by atoms with van der Waals surface area (Å²) in [7, 11) is 0. The van der Waals surface area contributed by atoms with Crippen LogP contribution in [0.15, 0.2) is 18.3 Å². The quantitative estimate of drug-likeness (QED) is 0.669. The Morgan fingerprint density at radius 1 is 1.73 bits per heavy atom. The van der Waals surface area contributed by atoms with E-state index >= 15 is 0 Å². The van der Waals surface area contributed by atoms with Crippen molar-refractivity contribution in [1.29, 1.82) is 5.26 Å². The van der Waals surface area contributed by atoms with E-state index in [1.807, 2.05) is 18.4 Å². The van der Waals surface area contributed by atoms with E-state index in [-0.39, 0.29) is 0 Å². The summed E-state index contributed by atoms with van der Waals surface area (Å²) in [5.74, 6) is 0.858. The van der Waals surface area contributed by atoms with Gasteiger partial charge in [-0.25, -0.2) is 4.98 Å². The second-order valence-electron chi connectivity index (χ2n) is 2.06. The second kappa shape index (κ2) is 3.99. The monoisotopic (exact) mass is 164 g/mol. The minimum atomic E-state index is 0.543. The van der Waals surface area contributed by atoms with Crippen molar-refractivity contribution in [3.63, 3.8) is 0 Å². The highest BCUT2D eigenvalue weighted by atomic mass is 32.2. The van der Waals surface area contributed by atoms with Gasteiger partial charge in [0.1, 0.15) is 11.8 Å². The van der Waals surface area contributed by atoms with Crippen LogP contribution in [0.25, 0.3) is 0 Å². The Morgan fingerprint density at radius 2 is 2.55 bits per heavy atom. The summed E-state index contributed by atoms with van der Waals surface area (Å²) in [6, 6.07) is 5.84. The van der Waals surface area contributed by atoms with Crippen molar-refractivity contribution in [2.45, 2.75) is 5.75 Å². The van der Waals surface area contributed by atoms with Crippen LogP contribution in [0.5, 0.6) is 0 Å². The molecular weight excluding hydrogens is 156 g/mol. The summed E-state index contributed by atoms with van der Waals surface area (Å²) < 4.78 is 0. The zero-order valence-electron chi connectivity index (χ0n) is 6.24. The molecule has 3 heteroatoms. The lowest BCUT2D eigenvalue weighted by Crippen LogP contribution is -1.89. The average molecular weight is 164 g/mol. The largest absolute Gasteiger partial charge is 0.245 e. The first-order valence-corrected chi connectivity index (χ1v) is 4.61. The predicted octanol–water partition coefficient (Wildman–Crippen LogP) is 1.82. The molecule has 0 aliphatic heterocycles. The van der Waals surface area contributed by atoms with Crippen molar-refractivity contribution >= 4 is 11.8 Å². The maximum atomic E-state index is 8.62. The molecule has 11 heavy (non-hydrogen) atoms. The number of hydrogen-bond donors (Lipinski definition) is 0. The first-order chi connectivity index (χ1) is 5.38. The summed E-state index contributed by atoms with van der Waals surface area (Å²) in [6.07, 6.45) is 3.65. The van der Waals surface area contributed by atoms with Crippen LogP contribution in [0, 0.1) is 11.3 Å². The summed E-state index contributed by atoms with van der Waals surface area (Å²) in [4.78, 5) is 3.94. The number of thioether (sulfide) groups is 1. The van der Waals surface area contributed by atoms with Gasteiger partial charge < -0.3 is 0 Å². The van der Waals surface area contributed by atoms with E-state index in [4.69, 9.17) is 5.26 Å². The third-order valence-electron chi connectivity index (χ3n) is 1.30. The number of pyridine rings is 1. The average Bonchev–Trinajstić information content (AvgIpc) is 2.06. The lowest BCUT2D eigenvalue weighted by Gasteiger charge is -1.97. The van der Waals surface area contributed by atoms with Crippen LogP contribution in [0.3, 0.4) is 0 Å². The summed E-state index contributed by atoms with van der Waals surface area (Å²) in [6.45, 7) is 0. The van der Waals surface area contributed by atoms with Gasteiger partial charge in [0.05, 0.1) is 0 Å². The predicted molar refractivity (Wildman–Crippen MR) is 46.2 cm³/mol.